The molecule has 0 aromatic heterocycles. The van der Waals surface area contributed by atoms with Gasteiger partial charge in [0.05, 0.1) is 0 Å². The largest absolute Gasteiger partial charge is 0.399 e. The van der Waals surface area contributed by atoms with Crippen molar-refractivity contribution in [2.75, 3.05) is 41.7 Å². The van der Waals surface area contributed by atoms with Gasteiger partial charge in [-0.05, 0) is 15.4 Å². The summed E-state index contributed by atoms with van der Waals surface area (Å²) in [6.07, 6.45) is -6.40. The van der Waals surface area contributed by atoms with E-state index in [1.807, 2.05) is 36.4 Å². The van der Waals surface area contributed by atoms with E-state index in [2.05, 4.69) is 45.0 Å². The summed E-state index contributed by atoms with van der Waals surface area (Å²) in [6.45, 7) is 6.10. The van der Waals surface area contributed by atoms with Crippen molar-refractivity contribution in [2.24, 2.45) is 0 Å². The number of aliphatic hydroxyl groups is 2. The Bertz CT molecular complexity index is 879. The fraction of sp³-hybridized carbons (Fsp3) is 0.571. The highest BCUT2D eigenvalue weighted by Crippen LogP contribution is 2.41. The van der Waals surface area contributed by atoms with Crippen molar-refractivity contribution in [1.82, 2.24) is 0 Å². The van der Waals surface area contributed by atoms with Crippen LogP contribution < -0.4 is 10.4 Å². The first-order valence-corrected chi connectivity index (χ1v) is 14.6. The molecule has 0 saturated heterocycles. The number of methoxy groups -OCH3 is 3. The monoisotopic (exact) mass is 550 g/mol. The Hall–Kier alpha value is -1.70. The van der Waals surface area contributed by atoms with E-state index in [0.717, 1.165) is 10.4 Å². The van der Waals surface area contributed by atoms with Crippen LogP contribution in [-0.2, 0) is 32.8 Å². The molecule has 1 aliphatic carbocycles. The predicted octanol–water partition coefficient (Wildman–Crippen LogP) is 1.63. The molecule has 1 saturated carbocycles. The minimum atomic E-state index is -3.13. The first-order chi connectivity index (χ1) is 18.2. The molecule has 0 amide bonds. The molecule has 2 aromatic rings. The van der Waals surface area contributed by atoms with Crippen LogP contribution in [0.2, 0.25) is 5.04 Å². The van der Waals surface area contributed by atoms with E-state index in [-0.39, 0.29) is 25.4 Å². The number of aliphatic hydroxyl groups excluding tert-OH is 2. The van der Waals surface area contributed by atoms with Gasteiger partial charge >= 0.3 is 0 Å². The minimum absolute atomic E-state index is 0.105. The van der Waals surface area contributed by atoms with E-state index in [1.54, 1.807) is 0 Å². The molecule has 9 nitrogen and oxygen atoms in total. The van der Waals surface area contributed by atoms with Crippen molar-refractivity contribution in [3.05, 3.63) is 60.7 Å². The van der Waals surface area contributed by atoms with Crippen LogP contribution in [0, 0.1) is 0 Å². The third-order valence-corrected chi connectivity index (χ3v) is 11.9. The summed E-state index contributed by atoms with van der Waals surface area (Å²) >= 11 is 0. The second kappa shape index (κ2) is 14.1. The fourth-order valence-corrected chi connectivity index (χ4v) is 9.90. The molecule has 0 radical (unpaired) electrons. The van der Waals surface area contributed by atoms with Crippen LogP contribution in [0.4, 0.5) is 0 Å². The molecule has 0 bridgehead atoms. The van der Waals surface area contributed by atoms with Gasteiger partial charge in [-0.1, -0.05) is 81.4 Å². The van der Waals surface area contributed by atoms with E-state index < -0.39 is 44.9 Å². The molecular weight excluding hydrogens is 508 g/mol. The Morgan fingerprint density at radius 3 is 1.32 bits per heavy atom. The lowest BCUT2D eigenvalue weighted by atomic mass is 9.84. The first-order valence-electron chi connectivity index (χ1n) is 12.7. The summed E-state index contributed by atoms with van der Waals surface area (Å²) in [4.78, 5) is 0. The normalized spacial score (nSPS) is 26.4. The zero-order valence-electron chi connectivity index (χ0n) is 23.1. The van der Waals surface area contributed by atoms with Crippen molar-refractivity contribution in [1.29, 1.82) is 0 Å². The fourth-order valence-electron chi connectivity index (χ4n) is 5.20. The van der Waals surface area contributed by atoms with Crippen LogP contribution >= 0.6 is 0 Å². The van der Waals surface area contributed by atoms with Crippen molar-refractivity contribution in [3.63, 3.8) is 0 Å². The molecule has 38 heavy (non-hydrogen) atoms. The Labute approximate surface area is 226 Å². The number of hydrogen-bond acceptors (Lipinski definition) is 9. The van der Waals surface area contributed by atoms with E-state index in [9.17, 15) is 10.2 Å². The number of hydrogen-bond donors (Lipinski definition) is 2. The predicted molar refractivity (Wildman–Crippen MR) is 145 cm³/mol. The lowest BCUT2D eigenvalue weighted by Crippen LogP contribution is -2.74. The van der Waals surface area contributed by atoms with Crippen LogP contribution in [0.15, 0.2) is 60.7 Å². The number of benzene rings is 2. The summed E-state index contributed by atoms with van der Waals surface area (Å²) < 4.78 is 40.5. The molecule has 1 aliphatic rings. The summed E-state index contributed by atoms with van der Waals surface area (Å²) in [7, 11) is 1.33. The summed E-state index contributed by atoms with van der Waals surface area (Å²) in [5.41, 5.74) is 0. The Balaban J connectivity index is 2.20. The summed E-state index contributed by atoms with van der Waals surface area (Å²) in [6, 6.07) is 20.2. The maximum absolute atomic E-state index is 11.4. The van der Waals surface area contributed by atoms with Crippen LogP contribution in [-0.4, -0.2) is 96.9 Å². The van der Waals surface area contributed by atoms with Gasteiger partial charge in [-0.2, -0.15) is 0 Å². The molecule has 2 aromatic carbocycles. The maximum atomic E-state index is 11.4. The lowest BCUT2D eigenvalue weighted by molar-refractivity contribution is -0.281. The minimum Gasteiger partial charge on any atom is -0.399 e. The molecule has 212 valence electrons. The molecule has 3 rings (SSSR count). The van der Waals surface area contributed by atoms with Gasteiger partial charge in [-0.25, -0.2) is 0 Å². The molecule has 1 fully saturated rings. The molecule has 2 unspecified atom stereocenters. The molecule has 10 heteroatoms. The summed E-state index contributed by atoms with van der Waals surface area (Å²) in [5, 5.41) is 24.6. The topological polar surface area (TPSA) is 105 Å². The Kier molecular flexibility index (Phi) is 11.4. The third-order valence-electron chi connectivity index (χ3n) is 6.86. The van der Waals surface area contributed by atoms with Gasteiger partial charge < -0.3 is 43.1 Å². The average Bonchev–Trinajstić information content (AvgIpc) is 2.91. The maximum Gasteiger partial charge on any atom is 0.261 e. The second-order valence-corrected chi connectivity index (χ2v) is 14.6. The van der Waals surface area contributed by atoms with Crippen molar-refractivity contribution >= 4 is 18.7 Å². The van der Waals surface area contributed by atoms with Crippen molar-refractivity contribution < 1.29 is 43.1 Å². The average molecular weight is 551 g/mol. The zero-order chi connectivity index (χ0) is 27.8. The SMILES string of the molecule is COCOC1[C@@H](O)[C@@H](OCOC)C(O[Si](c2ccccc2)(c2ccccc2)C(C)(C)C)[C@H](OCOC)[C@H]1O. The number of rotatable bonds is 13. The van der Waals surface area contributed by atoms with Gasteiger partial charge in [-0.15, -0.1) is 0 Å². The lowest BCUT2D eigenvalue weighted by Gasteiger charge is -2.52. The standard InChI is InChI=1S/C28H42O9Si/c1-28(2,3)38(20-13-9-7-10-14-20,21-15-11-8-12-16-21)37-27-25(35-18-32-5)22(29)24(34-17-31-4)23(30)26(27)36-19-33-6/h7-16,22-27,29-30H,17-19H2,1-6H3/t22-,23+,24?,25-,26-,27?/m1/s1. The molecule has 6 atom stereocenters. The van der Waals surface area contributed by atoms with E-state index in [4.69, 9.17) is 32.8 Å². The molecule has 0 aliphatic heterocycles. The number of ether oxygens (including phenoxy) is 6. The molecule has 0 heterocycles. The molecular formula is C28H42O9Si. The quantitative estimate of drug-likeness (QED) is 0.284. The van der Waals surface area contributed by atoms with E-state index >= 15 is 0 Å². The van der Waals surface area contributed by atoms with Gasteiger partial charge in [0, 0.05) is 21.3 Å². The van der Waals surface area contributed by atoms with E-state index in [1.165, 1.54) is 21.3 Å². The molecule has 0 spiro atoms. The van der Waals surface area contributed by atoms with Crippen LogP contribution in [0.25, 0.3) is 0 Å². The molecule has 2 N–H and O–H groups in total. The highest BCUT2D eigenvalue weighted by atomic mass is 28.4. The van der Waals surface area contributed by atoms with Crippen molar-refractivity contribution in [3.8, 4) is 0 Å². The van der Waals surface area contributed by atoms with Crippen LogP contribution in [0.1, 0.15) is 20.8 Å². The van der Waals surface area contributed by atoms with E-state index in [0.29, 0.717) is 0 Å². The zero-order valence-corrected chi connectivity index (χ0v) is 24.1. The smallest absolute Gasteiger partial charge is 0.261 e. The van der Waals surface area contributed by atoms with Crippen molar-refractivity contribution in [2.45, 2.75) is 62.4 Å². The van der Waals surface area contributed by atoms with Gasteiger partial charge in [-0.3, -0.25) is 0 Å². The van der Waals surface area contributed by atoms with Crippen LogP contribution in [0.5, 0.6) is 0 Å². The van der Waals surface area contributed by atoms with Crippen LogP contribution in [0.3, 0.4) is 0 Å². The van der Waals surface area contributed by atoms with Gasteiger partial charge in [0.15, 0.2) is 0 Å². The summed E-state index contributed by atoms with van der Waals surface area (Å²) in [5.74, 6) is 0. The van der Waals surface area contributed by atoms with Gasteiger partial charge in [0.2, 0.25) is 0 Å². The Morgan fingerprint density at radius 1 is 0.605 bits per heavy atom. The highest BCUT2D eigenvalue weighted by molar-refractivity contribution is 6.99. The Morgan fingerprint density at radius 2 is 0.974 bits per heavy atom. The van der Waals surface area contributed by atoms with Gasteiger partial charge in [0.1, 0.15) is 57.0 Å². The van der Waals surface area contributed by atoms with Gasteiger partial charge in [0.25, 0.3) is 8.32 Å². The third kappa shape index (κ3) is 6.53. The first kappa shape index (κ1) is 30.8. The highest BCUT2D eigenvalue weighted by Gasteiger charge is 2.59. The second-order valence-electron chi connectivity index (χ2n) is 10.3.